The number of nitrogens with one attached hydrogen (secondary N) is 2. The number of aromatic nitrogens is 2. The fourth-order valence-electron chi connectivity index (χ4n) is 1.50. The van der Waals surface area contributed by atoms with Gasteiger partial charge in [-0.05, 0) is 0 Å². The Morgan fingerprint density at radius 1 is 1.30 bits per heavy atom. The highest BCUT2D eigenvalue weighted by Gasteiger charge is 2.18. The van der Waals surface area contributed by atoms with Crippen LogP contribution in [0.2, 0.25) is 0 Å². The molecule has 0 aliphatic carbocycles. The molecule has 0 aliphatic heterocycles. The number of sulfonamides is 1. The summed E-state index contributed by atoms with van der Waals surface area (Å²) in [7, 11) is -3.24. The summed E-state index contributed by atoms with van der Waals surface area (Å²) in [4.78, 5) is 8.54. The van der Waals surface area contributed by atoms with Crippen LogP contribution in [0, 0.1) is 0 Å². The molecule has 0 aromatic carbocycles. The van der Waals surface area contributed by atoms with Gasteiger partial charge in [-0.15, -0.1) is 0 Å². The first kappa shape index (κ1) is 16.6. The maximum atomic E-state index is 11.5. The van der Waals surface area contributed by atoms with E-state index in [9.17, 15) is 8.42 Å². The third-order valence-electron chi connectivity index (χ3n) is 2.46. The van der Waals surface area contributed by atoms with Crippen molar-refractivity contribution in [2.75, 3.05) is 29.9 Å². The van der Waals surface area contributed by atoms with Crippen molar-refractivity contribution in [1.82, 2.24) is 14.7 Å². The second-order valence-corrected chi connectivity index (χ2v) is 7.42. The molecule has 4 N–H and O–H groups in total. The normalized spacial score (nSPS) is 12.4. The Morgan fingerprint density at radius 2 is 1.95 bits per heavy atom. The molecule has 0 fully saturated rings. The predicted octanol–water partition coefficient (Wildman–Crippen LogP) is 0.707. The lowest BCUT2D eigenvalue weighted by Gasteiger charge is -2.18. The summed E-state index contributed by atoms with van der Waals surface area (Å²) in [6, 6.07) is 1.59. The summed E-state index contributed by atoms with van der Waals surface area (Å²) >= 11 is 0. The molecule has 0 aliphatic rings. The van der Waals surface area contributed by atoms with Gasteiger partial charge in [0.15, 0.2) is 0 Å². The minimum Gasteiger partial charge on any atom is -0.384 e. The molecule has 114 valence electrons. The van der Waals surface area contributed by atoms with Crippen LogP contribution in [0.1, 0.15) is 33.5 Å². The van der Waals surface area contributed by atoms with Crippen molar-refractivity contribution in [1.29, 1.82) is 0 Å². The lowest BCUT2D eigenvalue weighted by atomic mass is 9.96. The summed E-state index contributed by atoms with van der Waals surface area (Å²) < 4.78 is 25.4. The molecule has 1 aromatic rings. The molecule has 7 nitrogen and oxygen atoms in total. The Bertz CT molecular complexity index is 551. The maximum absolute atomic E-state index is 11.5. The second-order valence-electron chi connectivity index (χ2n) is 5.50. The maximum Gasteiger partial charge on any atom is 0.213 e. The van der Waals surface area contributed by atoms with E-state index in [-0.39, 0.29) is 17.7 Å². The topological polar surface area (TPSA) is 110 Å². The van der Waals surface area contributed by atoms with Gasteiger partial charge < -0.3 is 11.1 Å². The first-order valence-corrected chi connectivity index (χ1v) is 8.15. The number of hydrogen-bond donors (Lipinski definition) is 3. The molecule has 1 rings (SSSR count). The summed E-state index contributed by atoms with van der Waals surface area (Å²) in [6.45, 7) is 8.35. The van der Waals surface area contributed by atoms with Gasteiger partial charge in [-0.3, -0.25) is 0 Å². The molecule has 20 heavy (non-hydrogen) atoms. The Morgan fingerprint density at radius 3 is 2.50 bits per heavy atom. The van der Waals surface area contributed by atoms with Gasteiger partial charge in [0.2, 0.25) is 10.0 Å². The lowest BCUT2D eigenvalue weighted by Crippen LogP contribution is -2.29. The van der Waals surface area contributed by atoms with Gasteiger partial charge in [0, 0.05) is 24.6 Å². The molecule has 1 aromatic heterocycles. The first-order valence-electron chi connectivity index (χ1n) is 6.50. The Hall–Kier alpha value is -1.41. The van der Waals surface area contributed by atoms with Crippen LogP contribution in [0.5, 0.6) is 0 Å². The van der Waals surface area contributed by atoms with Gasteiger partial charge >= 0.3 is 0 Å². The minimum atomic E-state index is -3.24. The summed E-state index contributed by atoms with van der Waals surface area (Å²) in [5, 5.41) is 2.96. The number of nitrogen functional groups attached to an aromatic ring is 1. The number of rotatable bonds is 6. The molecule has 0 spiro atoms. The van der Waals surface area contributed by atoms with Crippen molar-refractivity contribution in [2.24, 2.45) is 0 Å². The zero-order chi connectivity index (χ0) is 15.4. The third kappa shape index (κ3) is 5.30. The molecule has 0 atom stereocenters. The molecule has 0 radical (unpaired) electrons. The average Bonchev–Trinajstić information content (AvgIpc) is 2.26. The quantitative estimate of drug-likeness (QED) is 0.713. The van der Waals surface area contributed by atoms with Crippen LogP contribution >= 0.6 is 0 Å². The van der Waals surface area contributed by atoms with Gasteiger partial charge in [0.25, 0.3) is 0 Å². The standard InChI is InChI=1S/C12H23N5O2S/c1-5-15-20(18,19)7-6-14-10-8-9(13)16-11(17-10)12(2,3)4/h8,15H,5-7H2,1-4H3,(H3,13,14,16,17). The van der Waals surface area contributed by atoms with E-state index in [4.69, 9.17) is 5.73 Å². The van der Waals surface area contributed by atoms with Gasteiger partial charge in [-0.1, -0.05) is 27.7 Å². The van der Waals surface area contributed by atoms with Crippen LogP contribution in [0.4, 0.5) is 11.6 Å². The molecule has 0 saturated carbocycles. The van der Waals surface area contributed by atoms with Crippen LogP contribution < -0.4 is 15.8 Å². The van der Waals surface area contributed by atoms with E-state index in [1.165, 1.54) is 0 Å². The lowest BCUT2D eigenvalue weighted by molar-refractivity contribution is 0.547. The third-order valence-corrected chi connectivity index (χ3v) is 3.93. The summed E-state index contributed by atoms with van der Waals surface area (Å²) in [6.07, 6.45) is 0. The number of anilines is 2. The van der Waals surface area contributed by atoms with E-state index in [2.05, 4.69) is 20.0 Å². The van der Waals surface area contributed by atoms with Crippen LogP contribution in [0.25, 0.3) is 0 Å². The molecule has 0 amide bonds. The van der Waals surface area contributed by atoms with E-state index < -0.39 is 10.0 Å². The van der Waals surface area contributed by atoms with Crippen molar-refractivity contribution in [2.45, 2.75) is 33.1 Å². The predicted molar refractivity (Wildman–Crippen MR) is 81.1 cm³/mol. The van der Waals surface area contributed by atoms with Crippen molar-refractivity contribution in [3.05, 3.63) is 11.9 Å². The number of hydrogen-bond acceptors (Lipinski definition) is 6. The molecule has 8 heteroatoms. The highest BCUT2D eigenvalue weighted by atomic mass is 32.2. The van der Waals surface area contributed by atoms with Gasteiger partial charge in [0.05, 0.1) is 5.75 Å². The van der Waals surface area contributed by atoms with E-state index in [0.29, 0.717) is 24.0 Å². The highest BCUT2D eigenvalue weighted by molar-refractivity contribution is 7.89. The van der Waals surface area contributed by atoms with Crippen LogP contribution in [-0.2, 0) is 15.4 Å². The fraction of sp³-hybridized carbons (Fsp3) is 0.667. The van der Waals surface area contributed by atoms with Crippen molar-refractivity contribution >= 4 is 21.7 Å². The fourth-order valence-corrected chi connectivity index (χ4v) is 2.45. The van der Waals surface area contributed by atoms with Crippen LogP contribution in [0.3, 0.4) is 0 Å². The number of nitrogens with zero attached hydrogens (tertiary/aromatic N) is 2. The summed E-state index contributed by atoms with van der Waals surface area (Å²) in [5.41, 5.74) is 5.52. The van der Waals surface area contributed by atoms with E-state index in [1.807, 2.05) is 20.8 Å². The largest absolute Gasteiger partial charge is 0.384 e. The molecular formula is C12H23N5O2S. The minimum absolute atomic E-state index is 0.0183. The monoisotopic (exact) mass is 301 g/mol. The summed E-state index contributed by atoms with van der Waals surface area (Å²) in [5.74, 6) is 1.50. The van der Waals surface area contributed by atoms with Gasteiger partial charge in [-0.25, -0.2) is 23.1 Å². The molecule has 0 saturated heterocycles. The van der Waals surface area contributed by atoms with E-state index >= 15 is 0 Å². The molecule has 0 unspecified atom stereocenters. The second kappa shape index (κ2) is 6.36. The molecule has 1 heterocycles. The SMILES string of the molecule is CCNS(=O)(=O)CCNc1cc(N)nc(C(C)(C)C)n1. The number of nitrogens with two attached hydrogens (primary N) is 1. The molecular weight excluding hydrogens is 278 g/mol. The van der Waals surface area contributed by atoms with E-state index in [1.54, 1.807) is 13.0 Å². The van der Waals surface area contributed by atoms with Crippen LogP contribution in [0.15, 0.2) is 6.07 Å². The van der Waals surface area contributed by atoms with E-state index in [0.717, 1.165) is 0 Å². The van der Waals surface area contributed by atoms with Gasteiger partial charge in [0.1, 0.15) is 17.5 Å². The average molecular weight is 301 g/mol. The first-order chi connectivity index (χ1) is 9.14. The highest BCUT2D eigenvalue weighted by Crippen LogP contribution is 2.20. The molecule has 0 bridgehead atoms. The Kier molecular flexibility index (Phi) is 5.29. The Balaban J connectivity index is 2.72. The zero-order valence-electron chi connectivity index (χ0n) is 12.4. The van der Waals surface area contributed by atoms with Crippen molar-refractivity contribution < 1.29 is 8.42 Å². The zero-order valence-corrected chi connectivity index (χ0v) is 13.2. The Labute approximate surface area is 120 Å². The van der Waals surface area contributed by atoms with Crippen LogP contribution in [-0.4, -0.2) is 37.2 Å². The van der Waals surface area contributed by atoms with Gasteiger partial charge in [-0.2, -0.15) is 0 Å². The van der Waals surface area contributed by atoms with Crippen molar-refractivity contribution in [3.63, 3.8) is 0 Å². The smallest absolute Gasteiger partial charge is 0.213 e. The van der Waals surface area contributed by atoms with Crippen molar-refractivity contribution in [3.8, 4) is 0 Å².